The summed E-state index contributed by atoms with van der Waals surface area (Å²) in [6, 6.07) is 6.59. The Bertz CT molecular complexity index is 484. The van der Waals surface area contributed by atoms with Crippen molar-refractivity contribution in [3.8, 4) is 0 Å². The Labute approximate surface area is 112 Å². The zero-order valence-electron chi connectivity index (χ0n) is 9.38. The Morgan fingerprint density at radius 2 is 1.82 bits per heavy atom. The third kappa shape index (κ3) is 3.43. The van der Waals surface area contributed by atoms with Crippen LogP contribution >= 0.6 is 34.9 Å². The molecule has 1 heterocycles. The fourth-order valence-corrected chi connectivity index (χ4v) is 3.99. The standard InChI is InChI=1S/C11H11FN2S3/c1-7(8-3-5-9(12)6-4-8)16-11-14-13-10(15-2)17-11/h3-7H,1-2H3. The molecule has 0 aliphatic heterocycles. The summed E-state index contributed by atoms with van der Waals surface area (Å²) < 4.78 is 14.7. The van der Waals surface area contributed by atoms with Crippen molar-refractivity contribution in [3.05, 3.63) is 35.6 Å². The van der Waals surface area contributed by atoms with Gasteiger partial charge in [-0.25, -0.2) is 4.39 Å². The van der Waals surface area contributed by atoms with E-state index in [1.807, 2.05) is 18.4 Å². The summed E-state index contributed by atoms with van der Waals surface area (Å²) in [7, 11) is 0. The highest BCUT2D eigenvalue weighted by Gasteiger charge is 2.11. The van der Waals surface area contributed by atoms with Crippen molar-refractivity contribution in [3.63, 3.8) is 0 Å². The van der Waals surface area contributed by atoms with E-state index >= 15 is 0 Å². The Hall–Kier alpha value is -0.590. The van der Waals surface area contributed by atoms with Crippen molar-refractivity contribution in [2.75, 3.05) is 6.26 Å². The van der Waals surface area contributed by atoms with Crippen LogP contribution in [0.4, 0.5) is 4.39 Å². The van der Waals surface area contributed by atoms with Crippen molar-refractivity contribution in [1.82, 2.24) is 10.2 Å². The van der Waals surface area contributed by atoms with Crippen molar-refractivity contribution in [1.29, 1.82) is 0 Å². The first-order chi connectivity index (χ1) is 8.19. The molecule has 2 aromatic rings. The number of benzene rings is 1. The topological polar surface area (TPSA) is 25.8 Å². The second-order valence-electron chi connectivity index (χ2n) is 3.35. The van der Waals surface area contributed by atoms with Gasteiger partial charge in [0.05, 0.1) is 0 Å². The van der Waals surface area contributed by atoms with Crippen molar-refractivity contribution < 1.29 is 4.39 Å². The van der Waals surface area contributed by atoms with Gasteiger partial charge in [-0.1, -0.05) is 47.0 Å². The summed E-state index contributed by atoms with van der Waals surface area (Å²) in [5.41, 5.74) is 1.09. The van der Waals surface area contributed by atoms with Crippen molar-refractivity contribution in [2.24, 2.45) is 0 Å². The molecule has 1 aromatic heterocycles. The summed E-state index contributed by atoms with van der Waals surface area (Å²) in [5, 5.41) is 8.40. The minimum Gasteiger partial charge on any atom is -0.207 e. The minimum absolute atomic E-state index is 0.202. The largest absolute Gasteiger partial charge is 0.207 e. The molecule has 0 bridgehead atoms. The maximum atomic E-state index is 12.8. The molecule has 0 amide bonds. The molecule has 17 heavy (non-hydrogen) atoms. The fourth-order valence-electron chi connectivity index (χ4n) is 1.28. The molecular weight excluding hydrogens is 275 g/mol. The Balaban J connectivity index is 2.05. The van der Waals surface area contributed by atoms with E-state index in [2.05, 4.69) is 17.1 Å². The molecule has 1 atom stereocenters. The van der Waals surface area contributed by atoms with Crippen molar-refractivity contribution >= 4 is 34.9 Å². The second-order valence-corrected chi connectivity index (χ2v) is 6.97. The summed E-state index contributed by atoms with van der Waals surface area (Å²) in [6.45, 7) is 2.08. The molecule has 2 rings (SSSR count). The maximum absolute atomic E-state index is 12.8. The SMILES string of the molecule is CSc1nnc(SC(C)c2ccc(F)cc2)s1. The lowest BCUT2D eigenvalue weighted by molar-refractivity contribution is 0.627. The third-order valence-electron chi connectivity index (χ3n) is 2.18. The molecule has 1 aromatic carbocycles. The van der Waals surface area contributed by atoms with Crippen LogP contribution in [0.2, 0.25) is 0 Å². The smallest absolute Gasteiger partial charge is 0.175 e. The predicted molar refractivity (Wildman–Crippen MR) is 72.4 cm³/mol. The fraction of sp³-hybridized carbons (Fsp3) is 0.273. The van der Waals surface area contributed by atoms with Crippen LogP contribution in [0.5, 0.6) is 0 Å². The first-order valence-corrected chi connectivity index (χ1v) is 7.90. The number of rotatable bonds is 4. The number of thioether (sulfide) groups is 2. The number of nitrogens with zero attached hydrogens (tertiary/aromatic N) is 2. The molecule has 2 nitrogen and oxygen atoms in total. The Morgan fingerprint density at radius 3 is 2.41 bits per heavy atom. The molecule has 90 valence electrons. The summed E-state index contributed by atoms with van der Waals surface area (Å²) in [4.78, 5) is 0. The molecule has 0 saturated heterocycles. The van der Waals surface area contributed by atoms with Gasteiger partial charge in [-0.2, -0.15) is 0 Å². The van der Waals surface area contributed by atoms with E-state index in [9.17, 15) is 4.39 Å². The Kier molecular flexibility index (Phi) is 4.42. The van der Waals surface area contributed by atoms with E-state index in [-0.39, 0.29) is 11.1 Å². The maximum Gasteiger partial charge on any atom is 0.175 e. The van der Waals surface area contributed by atoms with Crippen LogP contribution in [0.15, 0.2) is 32.9 Å². The van der Waals surface area contributed by atoms with E-state index < -0.39 is 0 Å². The highest BCUT2D eigenvalue weighted by molar-refractivity contribution is 8.03. The zero-order valence-corrected chi connectivity index (χ0v) is 11.8. The quantitative estimate of drug-likeness (QED) is 0.785. The van der Waals surface area contributed by atoms with Crippen LogP contribution in [0.25, 0.3) is 0 Å². The van der Waals surface area contributed by atoms with Gasteiger partial charge >= 0.3 is 0 Å². The highest BCUT2D eigenvalue weighted by atomic mass is 32.2. The molecule has 0 saturated carbocycles. The van der Waals surface area contributed by atoms with Gasteiger partial charge in [0.15, 0.2) is 8.68 Å². The van der Waals surface area contributed by atoms with Gasteiger partial charge in [0, 0.05) is 5.25 Å². The number of hydrogen-bond donors (Lipinski definition) is 0. The number of halogens is 1. The minimum atomic E-state index is -0.202. The first-order valence-electron chi connectivity index (χ1n) is 4.98. The number of hydrogen-bond acceptors (Lipinski definition) is 5. The van der Waals surface area contributed by atoms with E-state index in [0.29, 0.717) is 0 Å². The van der Waals surface area contributed by atoms with E-state index in [1.54, 1.807) is 34.9 Å². The van der Waals surface area contributed by atoms with E-state index in [1.165, 1.54) is 12.1 Å². The molecule has 0 radical (unpaired) electrons. The van der Waals surface area contributed by atoms with Gasteiger partial charge in [0.2, 0.25) is 0 Å². The monoisotopic (exact) mass is 286 g/mol. The van der Waals surface area contributed by atoms with Gasteiger partial charge in [-0.15, -0.1) is 10.2 Å². The van der Waals surface area contributed by atoms with Gasteiger partial charge in [0.1, 0.15) is 5.82 Å². The lowest BCUT2D eigenvalue weighted by atomic mass is 10.2. The van der Waals surface area contributed by atoms with Crippen molar-refractivity contribution in [2.45, 2.75) is 20.9 Å². The van der Waals surface area contributed by atoms with Gasteiger partial charge < -0.3 is 0 Å². The first kappa shape index (κ1) is 12.9. The van der Waals surface area contributed by atoms with Gasteiger partial charge in [0.25, 0.3) is 0 Å². The molecule has 0 aliphatic rings. The van der Waals surface area contributed by atoms with Crippen LogP contribution in [-0.4, -0.2) is 16.5 Å². The van der Waals surface area contributed by atoms with Crippen LogP contribution in [0.1, 0.15) is 17.7 Å². The summed E-state index contributed by atoms with van der Waals surface area (Å²) >= 11 is 4.83. The summed E-state index contributed by atoms with van der Waals surface area (Å²) in [6.07, 6.45) is 1.98. The third-order valence-corrected chi connectivity index (χ3v) is 5.32. The Morgan fingerprint density at radius 1 is 1.18 bits per heavy atom. The summed E-state index contributed by atoms with van der Waals surface area (Å²) in [5.74, 6) is -0.202. The van der Waals surface area contributed by atoms with Crippen LogP contribution in [0.3, 0.4) is 0 Å². The lowest BCUT2D eigenvalue weighted by Crippen LogP contribution is -1.88. The van der Waals surface area contributed by atoms with Crippen LogP contribution in [-0.2, 0) is 0 Å². The molecule has 0 N–H and O–H groups in total. The van der Waals surface area contributed by atoms with Gasteiger partial charge in [-0.3, -0.25) is 0 Å². The molecular formula is C11H11FN2S3. The highest BCUT2D eigenvalue weighted by Crippen LogP contribution is 2.37. The molecule has 0 aliphatic carbocycles. The molecule has 0 fully saturated rings. The average Bonchev–Trinajstić information content (AvgIpc) is 2.77. The van der Waals surface area contributed by atoms with Crippen LogP contribution in [0, 0.1) is 5.82 Å². The average molecular weight is 286 g/mol. The van der Waals surface area contributed by atoms with Gasteiger partial charge in [-0.05, 0) is 30.9 Å². The van der Waals surface area contributed by atoms with E-state index in [0.717, 1.165) is 14.2 Å². The number of aromatic nitrogens is 2. The normalized spacial score (nSPS) is 12.6. The van der Waals surface area contributed by atoms with Crippen LogP contribution < -0.4 is 0 Å². The molecule has 1 unspecified atom stereocenters. The zero-order chi connectivity index (χ0) is 12.3. The molecule has 6 heteroatoms. The second kappa shape index (κ2) is 5.84. The van der Waals surface area contributed by atoms with E-state index in [4.69, 9.17) is 0 Å². The predicted octanol–water partition coefficient (Wildman–Crippen LogP) is 4.25. The molecule has 0 spiro atoms. The lowest BCUT2D eigenvalue weighted by Gasteiger charge is -2.08.